The third kappa shape index (κ3) is 3.13. The second kappa shape index (κ2) is 5.03. The molecule has 0 aromatic heterocycles. The average molecular weight is 192 g/mol. The molecule has 0 aliphatic carbocycles. The van der Waals surface area contributed by atoms with Crippen molar-refractivity contribution in [1.29, 1.82) is 0 Å². The molecule has 0 saturated carbocycles. The van der Waals surface area contributed by atoms with E-state index in [-0.39, 0.29) is 5.03 Å². The van der Waals surface area contributed by atoms with Gasteiger partial charge in [-0.05, 0) is 13.8 Å². The van der Waals surface area contributed by atoms with E-state index in [2.05, 4.69) is 24.5 Å². The molecule has 0 aliphatic rings. The Morgan fingerprint density at radius 2 is 2.33 bits per heavy atom. The number of halogens is 1. The zero-order valence-electron chi connectivity index (χ0n) is 7.17. The lowest BCUT2D eigenvalue weighted by atomic mass is 10.5. The monoisotopic (exact) mass is 192 g/mol. The van der Waals surface area contributed by atoms with E-state index >= 15 is 0 Å². The second-order valence-corrected chi connectivity index (χ2v) is 2.71. The molecule has 1 atom stereocenters. The number of nitrogens with one attached hydrogen (secondary N) is 1. The largest absolute Gasteiger partial charge is 0.338 e. The SMILES string of the molecule is C=C(S)N(C(=O)NCC)C(C)F. The summed E-state index contributed by atoms with van der Waals surface area (Å²) in [6, 6.07) is -0.521. The molecule has 0 radical (unpaired) electrons. The lowest BCUT2D eigenvalue weighted by Gasteiger charge is -2.22. The maximum atomic E-state index is 12.7. The smallest absolute Gasteiger partial charge is 0.324 e. The Hall–Kier alpha value is -0.710. The predicted octanol–water partition coefficient (Wildman–Crippen LogP) is 1.73. The molecule has 5 heteroatoms. The first-order chi connectivity index (χ1) is 5.50. The third-order valence-electron chi connectivity index (χ3n) is 1.18. The minimum absolute atomic E-state index is 0.0935. The Kier molecular flexibility index (Phi) is 4.73. The zero-order valence-corrected chi connectivity index (χ0v) is 8.07. The number of nitrogens with zero attached hydrogens (tertiary/aromatic N) is 1. The molecule has 0 bridgehead atoms. The Labute approximate surface area is 77.0 Å². The zero-order chi connectivity index (χ0) is 9.72. The van der Waals surface area contributed by atoms with Crippen molar-refractivity contribution in [1.82, 2.24) is 10.2 Å². The van der Waals surface area contributed by atoms with Crippen molar-refractivity contribution < 1.29 is 9.18 Å². The van der Waals surface area contributed by atoms with Crippen LogP contribution in [-0.4, -0.2) is 23.8 Å². The maximum Gasteiger partial charge on any atom is 0.324 e. The quantitative estimate of drug-likeness (QED) is 0.518. The number of urea groups is 1. The first kappa shape index (κ1) is 11.3. The van der Waals surface area contributed by atoms with Gasteiger partial charge >= 0.3 is 6.03 Å². The molecule has 0 aliphatic heterocycles. The number of alkyl halides is 1. The summed E-state index contributed by atoms with van der Waals surface area (Å²) in [5.41, 5.74) is 0. The normalized spacial score (nSPS) is 12.0. The number of hydrogen-bond acceptors (Lipinski definition) is 2. The van der Waals surface area contributed by atoms with Crippen LogP contribution in [0.5, 0.6) is 0 Å². The fraction of sp³-hybridized carbons (Fsp3) is 0.571. The molecule has 0 aromatic rings. The van der Waals surface area contributed by atoms with E-state index < -0.39 is 12.3 Å². The molecule has 1 unspecified atom stereocenters. The van der Waals surface area contributed by atoms with E-state index in [1.54, 1.807) is 6.92 Å². The molecule has 0 fully saturated rings. The second-order valence-electron chi connectivity index (χ2n) is 2.20. The molecule has 0 rings (SSSR count). The summed E-state index contributed by atoms with van der Waals surface area (Å²) < 4.78 is 12.7. The predicted molar refractivity (Wildman–Crippen MR) is 49.6 cm³/mol. The molecule has 0 aromatic carbocycles. The van der Waals surface area contributed by atoms with Crippen LogP contribution in [0.3, 0.4) is 0 Å². The molecule has 0 spiro atoms. The molecule has 3 nitrogen and oxygen atoms in total. The van der Waals surface area contributed by atoms with E-state index in [9.17, 15) is 9.18 Å². The summed E-state index contributed by atoms with van der Waals surface area (Å²) in [4.78, 5) is 11.9. The van der Waals surface area contributed by atoms with Gasteiger partial charge in [0, 0.05) is 6.54 Å². The van der Waals surface area contributed by atoms with Gasteiger partial charge in [0.15, 0.2) is 6.30 Å². The van der Waals surface area contributed by atoms with Crippen molar-refractivity contribution >= 4 is 18.7 Å². The fourth-order valence-electron chi connectivity index (χ4n) is 0.721. The number of rotatable bonds is 3. The average Bonchev–Trinajstić information content (AvgIpc) is 1.85. The fourth-order valence-corrected chi connectivity index (χ4v) is 0.970. The van der Waals surface area contributed by atoms with Crippen LogP contribution < -0.4 is 5.32 Å². The molecular weight excluding hydrogens is 179 g/mol. The van der Waals surface area contributed by atoms with Crippen LogP contribution in [0.2, 0.25) is 0 Å². The van der Waals surface area contributed by atoms with Gasteiger partial charge in [0.25, 0.3) is 0 Å². The van der Waals surface area contributed by atoms with Crippen molar-refractivity contribution in [2.45, 2.75) is 20.1 Å². The highest BCUT2D eigenvalue weighted by Crippen LogP contribution is 2.11. The standard InChI is InChI=1S/C7H13FN2OS/c1-4-9-7(11)10(5(2)8)6(3)12/h5,12H,3-4H2,1-2H3,(H,9,11). The highest BCUT2D eigenvalue weighted by Gasteiger charge is 2.19. The number of amides is 2. The van der Waals surface area contributed by atoms with E-state index in [1.165, 1.54) is 6.92 Å². The summed E-state index contributed by atoms with van der Waals surface area (Å²) in [5.74, 6) is 0. The van der Waals surface area contributed by atoms with Crippen molar-refractivity contribution in [3.8, 4) is 0 Å². The lowest BCUT2D eigenvalue weighted by molar-refractivity contribution is 0.150. The lowest BCUT2D eigenvalue weighted by Crippen LogP contribution is -2.41. The van der Waals surface area contributed by atoms with Crippen LogP contribution in [0.1, 0.15) is 13.8 Å². The summed E-state index contributed by atoms with van der Waals surface area (Å²) in [6.45, 7) is 6.81. The Morgan fingerprint density at radius 3 is 2.58 bits per heavy atom. The van der Waals surface area contributed by atoms with Crippen LogP contribution in [0, 0.1) is 0 Å². The Morgan fingerprint density at radius 1 is 1.83 bits per heavy atom. The van der Waals surface area contributed by atoms with Gasteiger partial charge in [0.1, 0.15) is 0 Å². The highest BCUT2D eigenvalue weighted by atomic mass is 32.1. The molecule has 1 N–H and O–H groups in total. The van der Waals surface area contributed by atoms with Crippen molar-refractivity contribution in [2.24, 2.45) is 0 Å². The van der Waals surface area contributed by atoms with Crippen LogP contribution in [0.4, 0.5) is 9.18 Å². The van der Waals surface area contributed by atoms with Crippen LogP contribution in [0.15, 0.2) is 11.6 Å². The molecule has 12 heavy (non-hydrogen) atoms. The van der Waals surface area contributed by atoms with Gasteiger partial charge < -0.3 is 5.32 Å². The van der Waals surface area contributed by atoms with Gasteiger partial charge in [-0.25, -0.2) is 9.18 Å². The summed E-state index contributed by atoms with van der Waals surface area (Å²) in [5, 5.41) is 2.54. The van der Waals surface area contributed by atoms with E-state index in [1.807, 2.05) is 0 Å². The topological polar surface area (TPSA) is 32.3 Å². The van der Waals surface area contributed by atoms with Crippen molar-refractivity contribution in [2.75, 3.05) is 6.54 Å². The Balaban J connectivity index is 4.30. The van der Waals surface area contributed by atoms with Gasteiger partial charge in [0.2, 0.25) is 0 Å². The van der Waals surface area contributed by atoms with Gasteiger partial charge in [-0.1, -0.05) is 6.58 Å². The van der Waals surface area contributed by atoms with Crippen LogP contribution in [0.25, 0.3) is 0 Å². The minimum Gasteiger partial charge on any atom is -0.338 e. The number of hydrogen-bond donors (Lipinski definition) is 2. The van der Waals surface area contributed by atoms with E-state index in [0.29, 0.717) is 6.54 Å². The maximum absolute atomic E-state index is 12.7. The summed E-state index contributed by atoms with van der Waals surface area (Å²) >= 11 is 3.80. The van der Waals surface area contributed by atoms with Gasteiger partial charge in [-0.3, -0.25) is 4.90 Å². The van der Waals surface area contributed by atoms with Gasteiger partial charge in [-0.15, -0.1) is 12.6 Å². The number of carbonyl (C=O) groups excluding carboxylic acids is 1. The first-order valence-electron chi connectivity index (χ1n) is 3.59. The third-order valence-corrected chi connectivity index (χ3v) is 1.40. The first-order valence-corrected chi connectivity index (χ1v) is 4.04. The number of thiol groups is 1. The van der Waals surface area contributed by atoms with Crippen molar-refractivity contribution in [3.05, 3.63) is 11.6 Å². The summed E-state index contributed by atoms with van der Waals surface area (Å²) in [7, 11) is 0. The molecule has 0 saturated heterocycles. The number of carbonyl (C=O) groups is 1. The van der Waals surface area contributed by atoms with E-state index in [4.69, 9.17) is 0 Å². The van der Waals surface area contributed by atoms with Crippen LogP contribution >= 0.6 is 12.6 Å². The molecule has 70 valence electrons. The van der Waals surface area contributed by atoms with Crippen molar-refractivity contribution in [3.63, 3.8) is 0 Å². The molecular formula is C7H13FN2OS. The van der Waals surface area contributed by atoms with E-state index in [0.717, 1.165) is 4.90 Å². The highest BCUT2D eigenvalue weighted by molar-refractivity contribution is 7.84. The minimum atomic E-state index is -1.42. The summed E-state index contributed by atoms with van der Waals surface area (Å²) in [6.07, 6.45) is -1.42. The van der Waals surface area contributed by atoms with Gasteiger partial charge in [-0.2, -0.15) is 0 Å². The molecule has 2 amide bonds. The van der Waals surface area contributed by atoms with Gasteiger partial charge in [0.05, 0.1) is 5.03 Å². The Bertz CT molecular complexity index is 184. The van der Waals surface area contributed by atoms with Crippen LogP contribution in [-0.2, 0) is 0 Å². The molecule has 0 heterocycles.